The molecular weight excluding hydrogens is 342 g/mol. The van der Waals surface area contributed by atoms with Crippen LogP contribution in [0.2, 0.25) is 0 Å². The monoisotopic (exact) mass is 367 g/mol. The van der Waals surface area contributed by atoms with Crippen LogP contribution in [0.15, 0.2) is 30.5 Å². The summed E-state index contributed by atoms with van der Waals surface area (Å²) in [4.78, 5) is 31.5. The van der Waals surface area contributed by atoms with Gasteiger partial charge in [-0.2, -0.15) is 0 Å². The van der Waals surface area contributed by atoms with Crippen molar-refractivity contribution in [3.8, 4) is 5.75 Å². The summed E-state index contributed by atoms with van der Waals surface area (Å²) >= 11 is 0. The summed E-state index contributed by atoms with van der Waals surface area (Å²) in [6.07, 6.45) is 6.34. The van der Waals surface area contributed by atoms with Crippen molar-refractivity contribution in [2.45, 2.75) is 38.6 Å². The number of hydrogen-bond acceptors (Lipinski definition) is 4. The minimum Gasteiger partial charge on any atom is -0.497 e. The van der Waals surface area contributed by atoms with E-state index in [4.69, 9.17) is 4.74 Å². The Morgan fingerprint density at radius 1 is 1.19 bits per heavy atom. The van der Waals surface area contributed by atoms with Gasteiger partial charge in [0.05, 0.1) is 18.2 Å². The number of benzene rings is 1. The number of amides is 2. The number of fused-ring (bicyclic) bond motifs is 1. The van der Waals surface area contributed by atoms with E-state index in [2.05, 4.69) is 10.3 Å². The zero-order chi connectivity index (χ0) is 19.0. The molecule has 1 spiro atoms. The summed E-state index contributed by atoms with van der Waals surface area (Å²) in [5, 5.41) is 3.68. The fourth-order valence-corrected chi connectivity index (χ4v) is 3.85. The van der Waals surface area contributed by atoms with E-state index in [-0.39, 0.29) is 11.8 Å². The van der Waals surface area contributed by atoms with E-state index in [1.807, 2.05) is 23.1 Å². The molecule has 2 fully saturated rings. The molecule has 1 unspecified atom stereocenters. The first-order valence-electron chi connectivity index (χ1n) is 9.53. The Morgan fingerprint density at radius 3 is 2.59 bits per heavy atom. The molecule has 6 heteroatoms. The van der Waals surface area contributed by atoms with Crippen LogP contribution < -0.4 is 10.1 Å². The normalized spacial score (nSPS) is 19.0. The largest absolute Gasteiger partial charge is 0.497 e. The van der Waals surface area contributed by atoms with Crippen molar-refractivity contribution in [1.82, 2.24) is 15.2 Å². The van der Waals surface area contributed by atoms with Gasteiger partial charge in [0.2, 0.25) is 5.91 Å². The lowest BCUT2D eigenvalue weighted by molar-refractivity contribution is -0.134. The third-order valence-electron chi connectivity index (χ3n) is 5.96. The summed E-state index contributed by atoms with van der Waals surface area (Å²) in [6.45, 7) is 3.36. The molecule has 1 aromatic carbocycles. The number of rotatable bonds is 4. The summed E-state index contributed by atoms with van der Waals surface area (Å²) in [5.41, 5.74) is 1.74. The molecule has 0 bridgehead atoms. The molecule has 0 radical (unpaired) electrons. The minimum atomic E-state index is -0.544. The van der Waals surface area contributed by atoms with Crippen molar-refractivity contribution < 1.29 is 14.3 Å². The van der Waals surface area contributed by atoms with Gasteiger partial charge in [-0.25, -0.2) is 0 Å². The Balaban J connectivity index is 1.40. The molecule has 142 valence electrons. The van der Waals surface area contributed by atoms with E-state index < -0.39 is 6.04 Å². The third kappa shape index (κ3) is 3.61. The summed E-state index contributed by atoms with van der Waals surface area (Å²) < 4.78 is 5.19. The highest BCUT2D eigenvalue weighted by Crippen LogP contribution is 2.53. The van der Waals surface area contributed by atoms with Crippen LogP contribution in [0.4, 0.5) is 0 Å². The van der Waals surface area contributed by atoms with E-state index in [9.17, 15) is 9.59 Å². The van der Waals surface area contributed by atoms with Gasteiger partial charge in [-0.05, 0) is 56.2 Å². The highest BCUT2D eigenvalue weighted by molar-refractivity contribution is 5.99. The Bertz CT molecular complexity index is 881. The molecule has 2 heterocycles. The summed E-state index contributed by atoms with van der Waals surface area (Å²) in [6, 6.07) is 6.77. The molecule has 1 aliphatic heterocycles. The van der Waals surface area contributed by atoms with Crippen LogP contribution >= 0.6 is 0 Å². The number of methoxy groups -OCH3 is 1. The van der Waals surface area contributed by atoms with Crippen molar-refractivity contribution in [2.75, 3.05) is 20.2 Å². The number of nitrogens with zero attached hydrogens (tertiary/aromatic N) is 2. The Kier molecular flexibility index (Phi) is 4.50. The van der Waals surface area contributed by atoms with Crippen molar-refractivity contribution in [2.24, 2.45) is 5.41 Å². The van der Waals surface area contributed by atoms with E-state index in [1.54, 1.807) is 20.1 Å². The van der Waals surface area contributed by atoms with E-state index >= 15 is 0 Å². The molecule has 1 saturated heterocycles. The number of carbonyl (C=O) groups excluding carboxylic acids is 2. The molecular formula is C21H25N3O3. The first-order valence-corrected chi connectivity index (χ1v) is 9.53. The van der Waals surface area contributed by atoms with Gasteiger partial charge in [0.15, 0.2) is 0 Å². The number of nitrogens with one attached hydrogen (secondary N) is 1. The van der Waals surface area contributed by atoms with Gasteiger partial charge in [0.25, 0.3) is 5.91 Å². The number of pyridine rings is 1. The summed E-state index contributed by atoms with van der Waals surface area (Å²) in [5.74, 6) is 0.440. The maximum atomic E-state index is 12.7. The maximum absolute atomic E-state index is 12.7. The molecule has 1 aliphatic carbocycles. The van der Waals surface area contributed by atoms with Gasteiger partial charge in [0.1, 0.15) is 11.8 Å². The molecule has 1 aromatic heterocycles. The number of ether oxygens (including phenoxy) is 1. The molecule has 6 nitrogen and oxygen atoms in total. The van der Waals surface area contributed by atoms with Gasteiger partial charge < -0.3 is 15.0 Å². The minimum absolute atomic E-state index is 0.00247. The Labute approximate surface area is 158 Å². The molecule has 1 atom stereocenters. The van der Waals surface area contributed by atoms with Crippen molar-refractivity contribution in [1.29, 1.82) is 0 Å². The lowest BCUT2D eigenvalue weighted by Gasteiger charge is -2.33. The molecule has 4 rings (SSSR count). The van der Waals surface area contributed by atoms with E-state index in [0.717, 1.165) is 42.6 Å². The topological polar surface area (TPSA) is 71.5 Å². The molecule has 2 amide bonds. The van der Waals surface area contributed by atoms with Crippen LogP contribution in [0.25, 0.3) is 10.9 Å². The van der Waals surface area contributed by atoms with Crippen LogP contribution in [0.1, 0.15) is 43.0 Å². The zero-order valence-electron chi connectivity index (χ0n) is 15.8. The van der Waals surface area contributed by atoms with Crippen LogP contribution in [-0.4, -0.2) is 47.9 Å². The van der Waals surface area contributed by atoms with Crippen molar-refractivity contribution in [3.05, 3.63) is 36.0 Å². The predicted octanol–water partition coefficient (Wildman–Crippen LogP) is 2.76. The van der Waals surface area contributed by atoms with Crippen LogP contribution in [0, 0.1) is 5.41 Å². The van der Waals surface area contributed by atoms with Gasteiger partial charge in [-0.3, -0.25) is 14.6 Å². The molecule has 1 saturated carbocycles. The quantitative estimate of drug-likeness (QED) is 0.902. The number of carbonyl (C=O) groups is 2. The van der Waals surface area contributed by atoms with Gasteiger partial charge in [-0.1, -0.05) is 0 Å². The molecule has 27 heavy (non-hydrogen) atoms. The highest BCUT2D eigenvalue weighted by Gasteiger charge is 2.45. The van der Waals surface area contributed by atoms with Crippen molar-refractivity contribution >= 4 is 22.7 Å². The second-order valence-electron chi connectivity index (χ2n) is 7.80. The molecule has 2 aliphatic rings. The lowest BCUT2D eigenvalue weighted by atomic mass is 9.93. The lowest BCUT2D eigenvalue weighted by Crippen LogP contribution is -2.49. The fraction of sp³-hybridized carbons (Fsp3) is 0.476. The van der Waals surface area contributed by atoms with Crippen molar-refractivity contribution in [3.63, 3.8) is 0 Å². The predicted molar refractivity (Wildman–Crippen MR) is 103 cm³/mol. The first-order chi connectivity index (χ1) is 13.0. The average Bonchev–Trinajstić information content (AvgIpc) is 3.45. The fourth-order valence-electron chi connectivity index (χ4n) is 3.85. The summed E-state index contributed by atoms with van der Waals surface area (Å²) in [7, 11) is 1.61. The highest BCUT2D eigenvalue weighted by atomic mass is 16.5. The van der Waals surface area contributed by atoms with Gasteiger partial charge in [0, 0.05) is 30.7 Å². The Hall–Kier alpha value is -2.63. The second-order valence-corrected chi connectivity index (χ2v) is 7.80. The molecule has 2 aromatic rings. The molecule has 1 N–H and O–H groups in total. The Morgan fingerprint density at radius 2 is 1.93 bits per heavy atom. The first kappa shape index (κ1) is 17.8. The van der Waals surface area contributed by atoms with Crippen LogP contribution in [0.3, 0.4) is 0 Å². The van der Waals surface area contributed by atoms with Crippen LogP contribution in [0.5, 0.6) is 5.75 Å². The van der Waals surface area contributed by atoms with Gasteiger partial charge in [-0.15, -0.1) is 0 Å². The number of piperidine rings is 1. The number of aromatic nitrogens is 1. The smallest absolute Gasteiger partial charge is 0.253 e. The SMILES string of the molecule is COc1ccc2cc(C(=O)NC(C)C(=O)N3CCC4(CC3)CC4)cnc2c1. The average molecular weight is 367 g/mol. The maximum Gasteiger partial charge on any atom is 0.253 e. The number of likely N-dealkylation sites (tertiary alicyclic amines) is 1. The van der Waals surface area contributed by atoms with Crippen LogP contribution in [-0.2, 0) is 4.79 Å². The third-order valence-corrected chi connectivity index (χ3v) is 5.96. The number of hydrogen-bond donors (Lipinski definition) is 1. The zero-order valence-corrected chi connectivity index (χ0v) is 15.8. The van der Waals surface area contributed by atoms with E-state index in [0.29, 0.717) is 11.0 Å². The standard InChI is InChI=1S/C21H25N3O3/c1-14(20(26)24-9-7-21(5-6-21)8-10-24)23-19(25)16-11-15-3-4-17(27-2)12-18(15)22-13-16/h3-4,11-14H,5-10H2,1-2H3,(H,23,25). The van der Waals surface area contributed by atoms with E-state index in [1.165, 1.54) is 19.0 Å². The second kappa shape index (κ2) is 6.83. The van der Waals surface area contributed by atoms with Gasteiger partial charge >= 0.3 is 0 Å².